The molecule has 0 unspecified atom stereocenters. The van der Waals surface area contributed by atoms with Crippen LogP contribution in [0, 0.1) is 0 Å². The van der Waals surface area contributed by atoms with Crippen LogP contribution in [0.1, 0.15) is 6.92 Å². The highest BCUT2D eigenvalue weighted by Crippen LogP contribution is 2.36. The molecule has 0 bridgehead atoms. The molecule has 2 rings (SSSR count). The van der Waals surface area contributed by atoms with Gasteiger partial charge in [-0.25, -0.2) is 9.97 Å². The number of ether oxygens (including phenoxy) is 1. The third kappa shape index (κ3) is 2.73. The smallest absolute Gasteiger partial charge is 0.194 e. The highest BCUT2D eigenvalue weighted by Gasteiger charge is 2.13. The molecular formula is C11H15N5OS. The quantitative estimate of drug-likeness (QED) is 0.832. The number of nitrogens with one attached hydrogen (secondary N) is 1. The van der Waals surface area contributed by atoms with Gasteiger partial charge in [-0.05, 0) is 6.92 Å². The molecule has 0 fully saturated rings. The average Bonchev–Trinajstić information content (AvgIpc) is 2.76. The van der Waals surface area contributed by atoms with Crippen molar-refractivity contribution in [2.75, 3.05) is 19.0 Å². The van der Waals surface area contributed by atoms with Gasteiger partial charge in [0, 0.05) is 19.8 Å². The summed E-state index contributed by atoms with van der Waals surface area (Å²) in [5.74, 6) is 1.37. The maximum absolute atomic E-state index is 5.37. The van der Waals surface area contributed by atoms with Gasteiger partial charge >= 0.3 is 0 Å². The van der Waals surface area contributed by atoms with Gasteiger partial charge in [0.2, 0.25) is 0 Å². The monoisotopic (exact) mass is 265 g/mol. The zero-order valence-electron chi connectivity index (χ0n) is 10.5. The van der Waals surface area contributed by atoms with Crippen molar-refractivity contribution in [3.63, 3.8) is 0 Å². The van der Waals surface area contributed by atoms with Gasteiger partial charge in [-0.15, -0.1) is 0 Å². The number of nitrogens with zero attached hydrogens (tertiary/aromatic N) is 4. The topological polar surface area (TPSA) is 64.9 Å². The Morgan fingerprint density at radius 2 is 2.28 bits per heavy atom. The Bertz CT molecular complexity index is 528. The molecule has 96 valence electrons. The van der Waals surface area contributed by atoms with E-state index in [4.69, 9.17) is 4.74 Å². The van der Waals surface area contributed by atoms with Crippen LogP contribution in [0.2, 0.25) is 0 Å². The van der Waals surface area contributed by atoms with Crippen LogP contribution >= 0.6 is 11.8 Å². The van der Waals surface area contributed by atoms with Gasteiger partial charge in [-0.1, -0.05) is 11.8 Å². The highest BCUT2D eigenvalue weighted by molar-refractivity contribution is 7.99. The van der Waals surface area contributed by atoms with Crippen molar-refractivity contribution >= 4 is 17.6 Å². The lowest BCUT2D eigenvalue weighted by atomic mass is 10.5. The fraction of sp³-hybridized carbons (Fsp3) is 0.364. The van der Waals surface area contributed by atoms with Crippen molar-refractivity contribution in [2.45, 2.75) is 16.8 Å². The van der Waals surface area contributed by atoms with E-state index in [1.165, 1.54) is 18.1 Å². The number of hydrogen-bond acceptors (Lipinski definition) is 6. The van der Waals surface area contributed by atoms with Crippen molar-refractivity contribution in [1.29, 1.82) is 0 Å². The second-order valence-corrected chi connectivity index (χ2v) is 4.61. The number of aryl methyl sites for hydroxylation is 1. The molecule has 1 N–H and O–H groups in total. The normalized spacial score (nSPS) is 10.4. The third-order valence-corrected chi connectivity index (χ3v) is 3.15. The number of hydrogen-bond donors (Lipinski definition) is 1. The molecule has 6 nitrogen and oxygen atoms in total. The lowest BCUT2D eigenvalue weighted by Gasteiger charge is -2.10. The van der Waals surface area contributed by atoms with Gasteiger partial charge in [0.1, 0.15) is 11.4 Å². The minimum absolute atomic E-state index is 0.660. The molecule has 0 aliphatic carbocycles. The summed E-state index contributed by atoms with van der Waals surface area (Å²) in [4.78, 5) is 9.42. The molecule has 0 aliphatic rings. The fourth-order valence-corrected chi connectivity index (χ4v) is 2.37. The Labute approximate surface area is 110 Å². The van der Waals surface area contributed by atoms with Gasteiger partial charge in [-0.2, -0.15) is 5.10 Å². The first-order valence-corrected chi connectivity index (χ1v) is 6.35. The third-order valence-electron chi connectivity index (χ3n) is 2.22. The Kier molecular flexibility index (Phi) is 4.03. The van der Waals surface area contributed by atoms with Crippen molar-refractivity contribution in [3.05, 3.63) is 18.7 Å². The maximum Gasteiger partial charge on any atom is 0.194 e. The molecule has 7 heteroatoms. The minimum Gasteiger partial charge on any atom is -0.490 e. The summed E-state index contributed by atoms with van der Waals surface area (Å²) in [6.07, 6.45) is 5.25. The molecule has 0 spiro atoms. The summed E-state index contributed by atoms with van der Waals surface area (Å²) in [7, 11) is 3.50. The van der Waals surface area contributed by atoms with Crippen molar-refractivity contribution in [1.82, 2.24) is 19.7 Å². The first-order valence-electron chi connectivity index (χ1n) is 5.54. The van der Waals surface area contributed by atoms with Crippen LogP contribution in [0.4, 0.5) is 5.82 Å². The van der Waals surface area contributed by atoms with Gasteiger partial charge in [0.15, 0.2) is 11.6 Å². The Morgan fingerprint density at radius 3 is 2.89 bits per heavy atom. The van der Waals surface area contributed by atoms with Crippen LogP contribution in [0.25, 0.3) is 0 Å². The van der Waals surface area contributed by atoms with E-state index in [1.807, 2.05) is 20.2 Å². The van der Waals surface area contributed by atoms with Crippen LogP contribution in [0.5, 0.6) is 5.75 Å². The molecule has 0 amide bonds. The number of methoxy groups -OCH3 is 1. The van der Waals surface area contributed by atoms with Crippen LogP contribution in [0.15, 0.2) is 28.6 Å². The van der Waals surface area contributed by atoms with Gasteiger partial charge in [-0.3, -0.25) is 4.68 Å². The molecule has 2 heterocycles. The number of aromatic nitrogens is 4. The lowest BCUT2D eigenvalue weighted by molar-refractivity contribution is 0.400. The predicted molar refractivity (Wildman–Crippen MR) is 70.1 cm³/mol. The molecule has 18 heavy (non-hydrogen) atoms. The van der Waals surface area contributed by atoms with Crippen LogP contribution in [0.3, 0.4) is 0 Å². The number of rotatable bonds is 5. The summed E-state index contributed by atoms with van der Waals surface area (Å²) >= 11 is 1.50. The SMILES string of the molecule is CCNc1ncnc(Sc2cnn(C)c2)c1OC. The summed E-state index contributed by atoms with van der Waals surface area (Å²) in [6, 6.07) is 0. The number of anilines is 1. The molecule has 0 radical (unpaired) electrons. The van der Waals surface area contributed by atoms with Crippen molar-refractivity contribution < 1.29 is 4.74 Å². The van der Waals surface area contributed by atoms with E-state index < -0.39 is 0 Å². The highest BCUT2D eigenvalue weighted by atomic mass is 32.2. The molecular weight excluding hydrogens is 250 g/mol. The molecule has 0 aromatic carbocycles. The molecule has 2 aromatic rings. The van der Waals surface area contributed by atoms with E-state index in [2.05, 4.69) is 20.4 Å². The first-order chi connectivity index (χ1) is 8.74. The zero-order valence-corrected chi connectivity index (χ0v) is 11.4. The van der Waals surface area contributed by atoms with Gasteiger partial charge in [0.05, 0.1) is 18.2 Å². The summed E-state index contributed by atoms with van der Waals surface area (Å²) in [6.45, 7) is 2.79. The molecule has 0 atom stereocenters. The second-order valence-electron chi connectivity index (χ2n) is 3.54. The van der Waals surface area contributed by atoms with Crippen LogP contribution in [-0.4, -0.2) is 33.4 Å². The van der Waals surface area contributed by atoms with E-state index in [9.17, 15) is 0 Å². The second kappa shape index (κ2) is 5.72. The van der Waals surface area contributed by atoms with E-state index >= 15 is 0 Å². The standard InChI is InChI=1S/C11H15N5OS/c1-4-12-10-9(17-3)11(14-7-13-10)18-8-5-15-16(2)6-8/h5-7H,4H2,1-3H3,(H,12,13,14). The van der Waals surface area contributed by atoms with Crippen LogP contribution in [-0.2, 0) is 7.05 Å². The largest absolute Gasteiger partial charge is 0.490 e. The first kappa shape index (κ1) is 12.7. The van der Waals surface area contributed by atoms with Gasteiger partial charge in [0.25, 0.3) is 0 Å². The molecule has 0 saturated carbocycles. The molecule has 0 saturated heterocycles. The molecule has 0 aliphatic heterocycles. The Morgan fingerprint density at radius 1 is 1.44 bits per heavy atom. The summed E-state index contributed by atoms with van der Waals surface area (Å²) < 4.78 is 7.12. The van der Waals surface area contributed by atoms with E-state index in [0.717, 1.165) is 16.5 Å². The summed E-state index contributed by atoms with van der Waals surface area (Å²) in [5, 5.41) is 8.05. The van der Waals surface area contributed by atoms with E-state index in [0.29, 0.717) is 11.6 Å². The van der Waals surface area contributed by atoms with Gasteiger partial charge < -0.3 is 10.1 Å². The van der Waals surface area contributed by atoms with Crippen molar-refractivity contribution in [2.24, 2.45) is 7.05 Å². The minimum atomic E-state index is 0.660. The summed E-state index contributed by atoms with van der Waals surface area (Å²) in [5.41, 5.74) is 0. The van der Waals surface area contributed by atoms with E-state index in [-0.39, 0.29) is 0 Å². The average molecular weight is 265 g/mol. The maximum atomic E-state index is 5.37. The fourth-order valence-electron chi connectivity index (χ4n) is 1.47. The van der Waals surface area contributed by atoms with Crippen molar-refractivity contribution in [3.8, 4) is 5.75 Å². The molecule has 2 aromatic heterocycles. The predicted octanol–water partition coefficient (Wildman–Crippen LogP) is 1.80. The lowest BCUT2D eigenvalue weighted by Crippen LogP contribution is -2.03. The Balaban J connectivity index is 2.29. The van der Waals surface area contributed by atoms with Crippen LogP contribution < -0.4 is 10.1 Å². The van der Waals surface area contributed by atoms with E-state index in [1.54, 1.807) is 18.0 Å². The Hall–Kier alpha value is -1.76. The zero-order chi connectivity index (χ0) is 13.0.